The van der Waals surface area contributed by atoms with Gasteiger partial charge in [-0.1, -0.05) is 0 Å². The van der Waals surface area contributed by atoms with E-state index in [0.29, 0.717) is 24.5 Å². The van der Waals surface area contributed by atoms with E-state index in [9.17, 15) is 13.2 Å². The first-order valence-electron chi connectivity index (χ1n) is 6.56. The zero-order valence-electron chi connectivity index (χ0n) is 12.2. The Kier molecular flexibility index (Phi) is 3.88. The standard InChI is InChI=1S/C12H20N4O3S/c1-8(2)16-6-5-15(7-11(16)17)20(18,19)12-9(3)13-14-10(12)4/h8H,5-7H2,1-4H3,(H,13,14). The van der Waals surface area contributed by atoms with Gasteiger partial charge in [-0.25, -0.2) is 8.42 Å². The Morgan fingerprint density at radius 3 is 2.35 bits per heavy atom. The Morgan fingerprint density at radius 2 is 1.90 bits per heavy atom. The van der Waals surface area contributed by atoms with Gasteiger partial charge in [0.15, 0.2) is 0 Å². The molecule has 2 rings (SSSR count). The number of nitrogens with zero attached hydrogens (tertiary/aromatic N) is 3. The maximum absolute atomic E-state index is 12.6. The second-order valence-corrected chi connectivity index (χ2v) is 7.16. The lowest BCUT2D eigenvalue weighted by atomic mass is 10.2. The summed E-state index contributed by atoms with van der Waals surface area (Å²) < 4.78 is 26.4. The van der Waals surface area contributed by atoms with Gasteiger partial charge in [-0.2, -0.15) is 9.40 Å². The number of aromatic amines is 1. The molecule has 7 nitrogen and oxygen atoms in total. The van der Waals surface area contributed by atoms with E-state index in [1.807, 2.05) is 13.8 Å². The van der Waals surface area contributed by atoms with Crippen molar-refractivity contribution in [1.29, 1.82) is 0 Å². The maximum Gasteiger partial charge on any atom is 0.247 e. The minimum absolute atomic E-state index is 0.0877. The quantitative estimate of drug-likeness (QED) is 0.868. The summed E-state index contributed by atoms with van der Waals surface area (Å²) >= 11 is 0. The average Bonchev–Trinajstić information content (AvgIpc) is 2.68. The molecule has 1 N–H and O–H groups in total. The third kappa shape index (κ3) is 2.45. The second-order valence-electron chi connectivity index (χ2n) is 5.28. The van der Waals surface area contributed by atoms with Crippen molar-refractivity contribution in [3.63, 3.8) is 0 Å². The molecule has 20 heavy (non-hydrogen) atoms. The van der Waals surface area contributed by atoms with Gasteiger partial charge >= 0.3 is 0 Å². The van der Waals surface area contributed by atoms with Crippen LogP contribution in [0.5, 0.6) is 0 Å². The molecule has 1 aromatic heterocycles. The van der Waals surface area contributed by atoms with E-state index in [4.69, 9.17) is 0 Å². The van der Waals surface area contributed by atoms with Crippen LogP contribution in [0.15, 0.2) is 4.90 Å². The van der Waals surface area contributed by atoms with Crippen molar-refractivity contribution in [2.75, 3.05) is 19.6 Å². The lowest BCUT2D eigenvalue weighted by Gasteiger charge is -2.35. The molecule has 1 aliphatic heterocycles. The zero-order valence-corrected chi connectivity index (χ0v) is 13.0. The highest BCUT2D eigenvalue weighted by Crippen LogP contribution is 2.23. The van der Waals surface area contributed by atoms with Crippen molar-refractivity contribution in [1.82, 2.24) is 19.4 Å². The minimum Gasteiger partial charge on any atom is -0.338 e. The number of hydrogen-bond acceptors (Lipinski definition) is 4. The van der Waals surface area contributed by atoms with Crippen LogP contribution in [-0.4, -0.2) is 59.4 Å². The molecule has 1 amide bonds. The van der Waals surface area contributed by atoms with E-state index in [1.54, 1.807) is 18.7 Å². The molecule has 2 heterocycles. The van der Waals surface area contributed by atoms with Crippen molar-refractivity contribution in [2.24, 2.45) is 0 Å². The van der Waals surface area contributed by atoms with Gasteiger partial charge in [-0.3, -0.25) is 9.89 Å². The van der Waals surface area contributed by atoms with Gasteiger partial charge in [0, 0.05) is 19.1 Å². The summed E-state index contributed by atoms with van der Waals surface area (Å²) in [7, 11) is -3.67. The van der Waals surface area contributed by atoms with E-state index < -0.39 is 10.0 Å². The third-order valence-corrected chi connectivity index (χ3v) is 5.61. The molecule has 1 aromatic rings. The van der Waals surface area contributed by atoms with Crippen LogP contribution in [0.4, 0.5) is 0 Å². The first-order chi connectivity index (χ1) is 9.25. The molecule has 0 radical (unpaired) electrons. The summed E-state index contributed by atoms with van der Waals surface area (Å²) in [5.41, 5.74) is 0.933. The highest BCUT2D eigenvalue weighted by molar-refractivity contribution is 7.89. The van der Waals surface area contributed by atoms with Crippen LogP contribution in [0, 0.1) is 13.8 Å². The molecule has 0 aliphatic carbocycles. The molecule has 0 saturated carbocycles. The number of aryl methyl sites for hydroxylation is 2. The molecule has 1 aliphatic rings. The van der Waals surface area contributed by atoms with E-state index >= 15 is 0 Å². The van der Waals surface area contributed by atoms with Crippen LogP contribution in [0.2, 0.25) is 0 Å². The zero-order chi connectivity index (χ0) is 15.1. The number of rotatable bonds is 3. The molecule has 0 unspecified atom stereocenters. The summed E-state index contributed by atoms with van der Waals surface area (Å²) in [6.45, 7) is 7.78. The summed E-state index contributed by atoms with van der Waals surface area (Å²) in [6, 6.07) is 0.0877. The Balaban J connectivity index is 2.28. The Bertz CT molecular complexity index is 601. The van der Waals surface area contributed by atoms with Gasteiger partial charge in [0.25, 0.3) is 0 Å². The van der Waals surface area contributed by atoms with Gasteiger partial charge < -0.3 is 4.90 Å². The van der Waals surface area contributed by atoms with E-state index in [1.165, 1.54) is 4.31 Å². The fourth-order valence-electron chi connectivity index (χ4n) is 2.47. The predicted octanol–water partition coefficient (Wildman–Crippen LogP) is 0.268. The topological polar surface area (TPSA) is 86.4 Å². The number of nitrogens with one attached hydrogen (secondary N) is 1. The molecule has 8 heteroatoms. The molecule has 0 bridgehead atoms. The molecule has 112 valence electrons. The fraction of sp³-hybridized carbons (Fsp3) is 0.667. The normalized spacial score (nSPS) is 18.1. The van der Waals surface area contributed by atoms with Crippen molar-refractivity contribution in [3.05, 3.63) is 11.4 Å². The highest BCUT2D eigenvalue weighted by atomic mass is 32.2. The van der Waals surface area contributed by atoms with Crippen LogP contribution in [0.3, 0.4) is 0 Å². The van der Waals surface area contributed by atoms with Gasteiger partial charge in [0.2, 0.25) is 15.9 Å². The highest BCUT2D eigenvalue weighted by Gasteiger charge is 2.35. The van der Waals surface area contributed by atoms with Crippen molar-refractivity contribution in [2.45, 2.75) is 38.6 Å². The molecular weight excluding hydrogens is 280 g/mol. The summed E-state index contributed by atoms with van der Waals surface area (Å²) in [5.74, 6) is -0.159. The Morgan fingerprint density at radius 1 is 1.25 bits per heavy atom. The summed E-state index contributed by atoms with van der Waals surface area (Å²) in [4.78, 5) is 13.9. The van der Waals surface area contributed by atoms with Crippen LogP contribution in [0.25, 0.3) is 0 Å². The number of aromatic nitrogens is 2. The van der Waals surface area contributed by atoms with Gasteiger partial charge in [0.05, 0.1) is 17.9 Å². The molecule has 0 aromatic carbocycles. The molecule has 0 atom stereocenters. The summed E-state index contributed by atoms with van der Waals surface area (Å²) in [6.07, 6.45) is 0. The molecule has 0 spiro atoms. The number of sulfonamides is 1. The van der Waals surface area contributed by atoms with Gasteiger partial charge in [-0.15, -0.1) is 0 Å². The number of amides is 1. The minimum atomic E-state index is -3.67. The van der Waals surface area contributed by atoms with Crippen LogP contribution >= 0.6 is 0 Å². The van der Waals surface area contributed by atoms with Crippen LogP contribution in [0.1, 0.15) is 25.2 Å². The maximum atomic E-state index is 12.6. The smallest absolute Gasteiger partial charge is 0.247 e. The number of carbonyl (C=O) groups is 1. The van der Waals surface area contributed by atoms with Gasteiger partial charge in [-0.05, 0) is 27.7 Å². The molecule has 1 fully saturated rings. The Hall–Kier alpha value is -1.41. The lowest BCUT2D eigenvalue weighted by Crippen LogP contribution is -2.54. The van der Waals surface area contributed by atoms with Crippen molar-refractivity contribution in [3.8, 4) is 0 Å². The average molecular weight is 300 g/mol. The van der Waals surface area contributed by atoms with Crippen LogP contribution in [-0.2, 0) is 14.8 Å². The first kappa shape index (κ1) is 15.0. The van der Waals surface area contributed by atoms with Crippen molar-refractivity contribution >= 4 is 15.9 Å². The van der Waals surface area contributed by atoms with E-state index in [-0.39, 0.29) is 23.4 Å². The second kappa shape index (κ2) is 5.17. The van der Waals surface area contributed by atoms with E-state index in [0.717, 1.165) is 0 Å². The molecule has 1 saturated heterocycles. The lowest BCUT2D eigenvalue weighted by molar-refractivity contribution is -0.135. The van der Waals surface area contributed by atoms with Crippen molar-refractivity contribution < 1.29 is 13.2 Å². The fourth-order valence-corrected chi connectivity index (χ4v) is 4.18. The largest absolute Gasteiger partial charge is 0.338 e. The van der Waals surface area contributed by atoms with E-state index in [2.05, 4.69) is 10.2 Å². The van der Waals surface area contributed by atoms with Gasteiger partial charge in [0.1, 0.15) is 4.90 Å². The third-order valence-electron chi connectivity index (χ3n) is 3.50. The summed E-state index contributed by atoms with van der Waals surface area (Å²) in [5, 5.41) is 6.58. The number of H-pyrrole nitrogens is 1. The monoisotopic (exact) mass is 300 g/mol. The first-order valence-corrected chi connectivity index (χ1v) is 8.00. The molecular formula is C12H20N4O3S. The Labute approximate surface area is 119 Å². The SMILES string of the molecule is Cc1n[nH]c(C)c1S(=O)(=O)N1CCN(C(C)C)C(=O)C1. The number of hydrogen-bond donors (Lipinski definition) is 1. The number of piperazine rings is 1. The predicted molar refractivity (Wildman–Crippen MR) is 73.7 cm³/mol. The van der Waals surface area contributed by atoms with Crippen LogP contribution < -0.4 is 0 Å². The number of carbonyl (C=O) groups excluding carboxylic acids is 1.